The van der Waals surface area contributed by atoms with E-state index >= 15 is 0 Å². The fourth-order valence-corrected chi connectivity index (χ4v) is 3.31. The lowest BCUT2D eigenvalue weighted by atomic mass is 10.1. The number of aromatic nitrogens is 1. The van der Waals surface area contributed by atoms with Crippen molar-refractivity contribution in [2.24, 2.45) is 0 Å². The van der Waals surface area contributed by atoms with Crippen LogP contribution in [-0.4, -0.2) is 12.0 Å². The van der Waals surface area contributed by atoms with Gasteiger partial charge in [-0.3, -0.25) is 0 Å². The predicted octanol–water partition coefficient (Wildman–Crippen LogP) is 5.33. The third-order valence-electron chi connectivity index (χ3n) is 3.25. The molecule has 1 heterocycles. The van der Waals surface area contributed by atoms with E-state index in [1.807, 2.05) is 30.9 Å². The molecule has 2 nitrogen and oxygen atoms in total. The maximum atomic E-state index is 4.69. The molecule has 0 amide bonds. The van der Waals surface area contributed by atoms with Gasteiger partial charge in [0.25, 0.3) is 0 Å². The number of hydrogen-bond acceptors (Lipinski definition) is 3. The summed E-state index contributed by atoms with van der Waals surface area (Å²) in [6.07, 6.45) is 0. The molecule has 21 heavy (non-hydrogen) atoms. The molecule has 3 aromatic rings. The van der Waals surface area contributed by atoms with Gasteiger partial charge in [0.15, 0.2) is 0 Å². The molecule has 4 heteroatoms. The Morgan fingerprint density at radius 1 is 1.10 bits per heavy atom. The van der Waals surface area contributed by atoms with Crippen LogP contribution in [0.3, 0.4) is 0 Å². The molecule has 0 unspecified atom stereocenters. The standard InChI is InChI=1S/C17H15BrN2S/c1-19-17-13(10-12-4-2-3-5-16(12)20-17)11-21-15-8-6-14(18)7-9-15/h2-10H,11H2,1H3,(H,19,20). The lowest BCUT2D eigenvalue weighted by Crippen LogP contribution is -1.98. The number of halogens is 1. The molecule has 0 saturated heterocycles. The molecule has 0 spiro atoms. The zero-order valence-electron chi connectivity index (χ0n) is 11.6. The van der Waals surface area contributed by atoms with E-state index in [1.165, 1.54) is 15.8 Å². The van der Waals surface area contributed by atoms with Gasteiger partial charge in [-0.15, -0.1) is 11.8 Å². The van der Waals surface area contributed by atoms with Crippen molar-refractivity contribution >= 4 is 44.4 Å². The summed E-state index contributed by atoms with van der Waals surface area (Å²) in [5, 5.41) is 4.38. The van der Waals surface area contributed by atoms with Crippen molar-refractivity contribution < 1.29 is 0 Å². The highest BCUT2D eigenvalue weighted by Crippen LogP contribution is 2.28. The summed E-state index contributed by atoms with van der Waals surface area (Å²) in [7, 11) is 1.92. The summed E-state index contributed by atoms with van der Waals surface area (Å²) in [5.41, 5.74) is 2.25. The van der Waals surface area contributed by atoms with Gasteiger partial charge >= 0.3 is 0 Å². The number of benzene rings is 2. The van der Waals surface area contributed by atoms with Crippen LogP contribution in [0.5, 0.6) is 0 Å². The van der Waals surface area contributed by atoms with E-state index in [1.54, 1.807) is 0 Å². The smallest absolute Gasteiger partial charge is 0.130 e. The average molecular weight is 359 g/mol. The van der Waals surface area contributed by atoms with Crippen LogP contribution in [0.15, 0.2) is 64.0 Å². The number of thioether (sulfide) groups is 1. The molecule has 0 atom stereocenters. The summed E-state index contributed by atoms with van der Waals surface area (Å²) in [6.45, 7) is 0. The molecule has 0 aliphatic rings. The van der Waals surface area contributed by atoms with Crippen LogP contribution in [0.1, 0.15) is 5.56 Å². The minimum absolute atomic E-state index is 0.898. The predicted molar refractivity (Wildman–Crippen MR) is 95.0 cm³/mol. The van der Waals surface area contributed by atoms with Crippen LogP contribution in [0.4, 0.5) is 5.82 Å². The molecule has 0 bridgehead atoms. The quantitative estimate of drug-likeness (QED) is 0.637. The maximum absolute atomic E-state index is 4.69. The summed E-state index contributed by atoms with van der Waals surface area (Å²) in [5.74, 6) is 1.86. The fraction of sp³-hybridized carbons (Fsp3) is 0.118. The van der Waals surface area contributed by atoms with Crippen LogP contribution in [0.25, 0.3) is 10.9 Å². The molecule has 0 saturated carbocycles. The van der Waals surface area contributed by atoms with Gasteiger partial charge in [-0.25, -0.2) is 4.98 Å². The number of para-hydroxylation sites is 1. The number of hydrogen-bond donors (Lipinski definition) is 1. The molecule has 0 aliphatic heterocycles. The van der Waals surface area contributed by atoms with Crippen molar-refractivity contribution in [3.05, 3.63) is 64.6 Å². The van der Waals surface area contributed by atoms with Gasteiger partial charge in [0.2, 0.25) is 0 Å². The van der Waals surface area contributed by atoms with Gasteiger partial charge in [-0.05, 0) is 36.4 Å². The van der Waals surface area contributed by atoms with Gasteiger partial charge in [-0.1, -0.05) is 34.1 Å². The van der Waals surface area contributed by atoms with Crippen LogP contribution in [-0.2, 0) is 5.75 Å². The summed E-state index contributed by atoms with van der Waals surface area (Å²) in [6, 6.07) is 18.8. The van der Waals surface area contributed by atoms with Gasteiger partial charge in [0, 0.05) is 33.1 Å². The van der Waals surface area contributed by atoms with Crippen molar-refractivity contribution in [2.75, 3.05) is 12.4 Å². The van der Waals surface area contributed by atoms with Crippen molar-refractivity contribution in [3.63, 3.8) is 0 Å². The second-order valence-corrected chi connectivity index (χ2v) is 6.65. The Labute approximate surface area is 137 Å². The van der Waals surface area contributed by atoms with E-state index in [9.17, 15) is 0 Å². The Balaban J connectivity index is 1.86. The second-order valence-electron chi connectivity index (χ2n) is 4.68. The average Bonchev–Trinajstić information content (AvgIpc) is 2.53. The molecular weight excluding hydrogens is 344 g/mol. The second kappa shape index (κ2) is 6.50. The highest BCUT2D eigenvalue weighted by Gasteiger charge is 2.06. The van der Waals surface area contributed by atoms with E-state index in [-0.39, 0.29) is 0 Å². The Morgan fingerprint density at radius 2 is 1.86 bits per heavy atom. The molecule has 0 aliphatic carbocycles. The molecular formula is C17H15BrN2S. The Bertz CT molecular complexity index is 756. The molecule has 2 aromatic carbocycles. The molecule has 0 fully saturated rings. The lowest BCUT2D eigenvalue weighted by Gasteiger charge is -2.10. The van der Waals surface area contributed by atoms with Crippen LogP contribution in [0.2, 0.25) is 0 Å². The van der Waals surface area contributed by atoms with Crippen LogP contribution in [0, 0.1) is 0 Å². The maximum Gasteiger partial charge on any atom is 0.130 e. The molecule has 106 valence electrons. The molecule has 1 aromatic heterocycles. The highest BCUT2D eigenvalue weighted by molar-refractivity contribution is 9.10. The van der Waals surface area contributed by atoms with Crippen molar-refractivity contribution in [3.8, 4) is 0 Å². The first-order valence-electron chi connectivity index (χ1n) is 6.71. The first kappa shape index (κ1) is 14.4. The van der Waals surface area contributed by atoms with Gasteiger partial charge in [0.1, 0.15) is 5.82 Å². The van der Waals surface area contributed by atoms with Gasteiger partial charge in [0.05, 0.1) is 5.52 Å². The molecule has 3 rings (SSSR count). The SMILES string of the molecule is CNc1nc2ccccc2cc1CSc1ccc(Br)cc1. The Hall–Kier alpha value is -1.52. The minimum atomic E-state index is 0.898. The third kappa shape index (κ3) is 3.39. The molecule has 0 radical (unpaired) electrons. The van der Waals surface area contributed by atoms with E-state index in [0.717, 1.165) is 21.6 Å². The largest absolute Gasteiger partial charge is 0.373 e. The van der Waals surface area contributed by atoms with E-state index < -0.39 is 0 Å². The van der Waals surface area contributed by atoms with E-state index in [4.69, 9.17) is 0 Å². The monoisotopic (exact) mass is 358 g/mol. The number of pyridine rings is 1. The first-order valence-corrected chi connectivity index (χ1v) is 8.49. The summed E-state index contributed by atoms with van der Waals surface area (Å²) >= 11 is 5.28. The highest BCUT2D eigenvalue weighted by atomic mass is 79.9. The lowest BCUT2D eigenvalue weighted by molar-refractivity contribution is 1.26. The fourth-order valence-electron chi connectivity index (χ4n) is 2.18. The normalized spacial score (nSPS) is 10.8. The zero-order valence-corrected chi connectivity index (χ0v) is 14.0. The zero-order chi connectivity index (χ0) is 14.7. The topological polar surface area (TPSA) is 24.9 Å². The number of rotatable bonds is 4. The third-order valence-corrected chi connectivity index (χ3v) is 4.84. The number of nitrogens with one attached hydrogen (secondary N) is 1. The van der Waals surface area contributed by atoms with Crippen molar-refractivity contribution in [1.29, 1.82) is 0 Å². The number of anilines is 1. The summed E-state index contributed by atoms with van der Waals surface area (Å²) < 4.78 is 1.11. The number of fused-ring (bicyclic) bond motifs is 1. The Morgan fingerprint density at radius 3 is 2.62 bits per heavy atom. The van der Waals surface area contributed by atoms with Crippen LogP contribution < -0.4 is 5.32 Å². The number of nitrogens with zero attached hydrogens (tertiary/aromatic N) is 1. The minimum Gasteiger partial charge on any atom is -0.373 e. The van der Waals surface area contributed by atoms with Crippen molar-refractivity contribution in [2.45, 2.75) is 10.6 Å². The first-order chi connectivity index (χ1) is 10.3. The molecule has 1 N–H and O–H groups in total. The van der Waals surface area contributed by atoms with Gasteiger partial charge in [-0.2, -0.15) is 0 Å². The van der Waals surface area contributed by atoms with Crippen molar-refractivity contribution in [1.82, 2.24) is 4.98 Å². The summed E-state index contributed by atoms with van der Waals surface area (Å²) in [4.78, 5) is 5.95. The Kier molecular flexibility index (Phi) is 4.46. The van der Waals surface area contributed by atoms with E-state index in [0.29, 0.717) is 0 Å². The van der Waals surface area contributed by atoms with Gasteiger partial charge < -0.3 is 5.32 Å². The van der Waals surface area contributed by atoms with E-state index in [2.05, 4.69) is 68.7 Å². The van der Waals surface area contributed by atoms with Crippen LogP contribution >= 0.6 is 27.7 Å².